The summed E-state index contributed by atoms with van der Waals surface area (Å²) in [7, 11) is 0.508. The van der Waals surface area contributed by atoms with Crippen LogP contribution in [0.15, 0.2) is 29.6 Å². The zero-order chi connectivity index (χ0) is 10.8. The Morgan fingerprint density at radius 2 is 2.07 bits per heavy atom. The highest BCUT2D eigenvalue weighted by Crippen LogP contribution is 2.10. The summed E-state index contributed by atoms with van der Waals surface area (Å²) in [5, 5.41) is 10.9. The summed E-state index contributed by atoms with van der Waals surface area (Å²) in [5.41, 5.74) is 0.653. The highest BCUT2D eigenvalue weighted by molar-refractivity contribution is 6.35. The van der Waals surface area contributed by atoms with Crippen LogP contribution in [0.3, 0.4) is 0 Å². The van der Waals surface area contributed by atoms with Gasteiger partial charge < -0.3 is 5.21 Å². The Labute approximate surface area is 93.1 Å². The third-order valence-corrected chi connectivity index (χ3v) is 4.38. The Balaban J connectivity index is 0.000000162. The monoisotopic (exact) mass is 222 g/mol. The quantitative estimate of drug-likeness (QED) is 0.342. The van der Waals surface area contributed by atoms with Crippen LogP contribution in [0.1, 0.15) is 25.0 Å². The molecule has 0 radical (unpaired) electrons. The molecule has 3 nitrogen and oxygen atoms in total. The highest BCUT2D eigenvalue weighted by Gasteiger charge is 1.96. The van der Waals surface area contributed by atoms with Crippen molar-refractivity contribution in [3.05, 3.63) is 30.1 Å². The van der Waals surface area contributed by atoms with Gasteiger partial charge in [-0.1, -0.05) is 42.6 Å². The van der Waals surface area contributed by atoms with Gasteiger partial charge in [0.05, 0.1) is 11.9 Å². The van der Waals surface area contributed by atoms with Crippen molar-refractivity contribution >= 4 is 15.7 Å². The number of pyridine rings is 1. The summed E-state index contributed by atoms with van der Waals surface area (Å²) in [5.74, 6) is 0. The summed E-state index contributed by atoms with van der Waals surface area (Å²) < 4.78 is 0. The van der Waals surface area contributed by atoms with Crippen molar-refractivity contribution in [3.63, 3.8) is 0 Å². The molecular weight excluding hydrogens is 204 g/mol. The van der Waals surface area contributed by atoms with E-state index in [9.17, 15) is 0 Å². The molecule has 15 heavy (non-hydrogen) atoms. The van der Waals surface area contributed by atoms with Gasteiger partial charge in [-0.25, -0.2) is 0 Å². The van der Waals surface area contributed by atoms with E-state index in [0.717, 1.165) is 0 Å². The fraction of sp³-hybridized carbons (Fsp3) is 0.455. The van der Waals surface area contributed by atoms with Crippen LogP contribution >= 0.6 is 0 Å². The number of aromatic nitrogens is 1. The molecule has 0 atom stereocenters. The van der Waals surface area contributed by atoms with Gasteiger partial charge in [-0.3, -0.25) is 4.98 Å². The number of hydrogen-bond acceptors (Lipinski definition) is 3. The Morgan fingerprint density at radius 1 is 1.27 bits per heavy atom. The third-order valence-electron chi connectivity index (χ3n) is 2.38. The van der Waals surface area contributed by atoms with E-state index < -0.39 is 0 Å². The van der Waals surface area contributed by atoms with Crippen LogP contribution in [0.5, 0.6) is 0 Å². The number of hydrogen-bond donors (Lipinski definition) is 1. The molecule has 0 saturated carbocycles. The first kappa shape index (κ1) is 11.9. The van der Waals surface area contributed by atoms with Gasteiger partial charge in [-0.05, 0) is 12.1 Å². The van der Waals surface area contributed by atoms with Crippen molar-refractivity contribution in [2.75, 3.05) is 0 Å². The second-order valence-corrected chi connectivity index (χ2v) is 5.74. The maximum Gasteiger partial charge on any atom is 0.0918 e. The predicted octanol–water partition coefficient (Wildman–Crippen LogP) is 2.07. The zero-order valence-electron chi connectivity index (χ0n) is 8.97. The van der Waals surface area contributed by atoms with Gasteiger partial charge in [0.2, 0.25) is 0 Å². The third kappa shape index (κ3) is 6.01. The van der Waals surface area contributed by atoms with Gasteiger partial charge in [-0.2, -0.15) is 0 Å². The lowest BCUT2D eigenvalue weighted by atomic mass is 10.3. The molecular formula is C11H18N2OSi. The van der Waals surface area contributed by atoms with Gasteiger partial charge in [-0.15, -0.1) is 0 Å². The summed E-state index contributed by atoms with van der Waals surface area (Å²) in [6.45, 7) is 0. The van der Waals surface area contributed by atoms with Crippen molar-refractivity contribution in [2.24, 2.45) is 5.16 Å². The number of oxime groups is 1. The highest BCUT2D eigenvalue weighted by atomic mass is 28.2. The molecule has 1 N–H and O–H groups in total. The van der Waals surface area contributed by atoms with Crippen molar-refractivity contribution in [2.45, 2.75) is 31.4 Å². The van der Waals surface area contributed by atoms with Crippen LogP contribution < -0.4 is 0 Å². The van der Waals surface area contributed by atoms with Crippen LogP contribution in [-0.4, -0.2) is 25.9 Å². The summed E-state index contributed by atoms with van der Waals surface area (Å²) >= 11 is 0. The van der Waals surface area contributed by atoms with Crippen LogP contribution in [0, 0.1) is 0 Å². The van der Waals surface area contributed by atoms with E-state index in [0.29, 0.717) is 15.2 Å². The van der Waals surface area contributed by atoms with Crippen molar-refractivity contribution in [1.29, 1.82) is 0 Å². The Bertz CT molecular complexity index is 262. The SMILES string of the molecule is C1CC[SiH2]CC1.ON=Cc1ccccn1. The maximum atomic E-state index is 8.05. The van der Waals surface area contributed by atoms with Gasteiger partial charge in [0.1, 0.15) is 0 Å². The second-order valence-electron chi connectivity index (χ2n) is 3.62. The molecule has 0 bridgehead atoms. The van der Waals surface area contributed by atoms with Gasteiger partial charge >= 0.3 is 0 Å². The molecule has 1 saturated heterocycles. The van der Waals surface area contributed by atoms with E-state index in [2.05, 4.69) is 10.1 Å². The molecule has 2 rings (SSSR count). The Kier molecular flexibility index (Phi) is 6.49. The second kappa shape index (κ2) is 8.17. The van der Waals surface area contributed by atoms with Gasteiger partial charge in [0, 0.05) is 15.7 Å². The van der Waals surface area contributed by atoms with Crippen LogP contribution in [0.25, 0.3) is 0 Å². The molecule has 82 valence electrons. The molecule has 0 spiro atoms. The molecule has 1 aliphatic heterocycles. The fourth-order valence-electron chi connectivity index (χ4n) is 1.57. The van der Waals surface area contributed by atoms with E-state index in [1.54, 1.807) is 43.3 Å². The van der Waals surface area contributed by atoms with Crippen LogP contribution in [-0.2, 0) is 0 Å². The molecule has 0 aromatic carbocycles. The lowest BCUT2D eigenvalue weighted by molar-refractivity contribution is 0.321. The van der Waals surface area contributed by atoms with Crippen molar-refractivity contribution < 1.29 is 5.21 Å². The molecule has 0 aliphatic carbocycles. The smallest absolute Gasteiger partial charge is 0.0918 e. The summed E-state index contributed by atoms with van der Waals surface area (Å²) in [6.07, 6.45) is 7.57. The first-order chi connectivity index (χ1) is 7.43. The zero-order valence-corrected chi connectivity index (χ0v) is 10.4. The molecule has 0 amide bonds. The standard InChI is InChI=1S/C6H6N2O.C5H12Si/c9-8-5-6-3-1-2-4-7-6;1-2-4-6-5-3-1/h1-5,9H;1-6H2. The Morgan fingerprint density at radius 3 is 2.47 bits per heavy atom. The predicted molar refractivity (Wildman–Crippen MR) is 65.6 cm³/mol. The molecule has 1 aliphatic rings. The lowest BCUT2D eigenvalue weighted by Gasteiger charge is -2.04. The molecule has 1 aromatic rings. The maximum absolute atomic E-state index is 8.05. The van der Waals surface area contributed by atoms with E-state index in [1.807, 2.05) is 6.07 Å². The number of rotatable bonds is 1. The van der Waals surface area contributed by atoms with Gasteiger partial charge in [0.25, 0.3) is 0 Å². The average molecular weight is 222 g/mol. The first-order valence-corrected chi connectivity index (χ1v) is 7.52. The van der Waals surface area contributed by atoms with Crippen LogP contribution in [0.2, 0.25) is 12.1 Å². The summed E-state index contributed by atoms with van der Waals surface area (Å²) in [6, 6.07) is 8.65. The minimum Gasteiger partial charge on any atom is -0.411 e. The first-order valence-electron chi connectivity index (χ1n) is 5.52. The van der Waals surface area contributed by atoms with Crippen molar-refractivity contribution in [1.82, 2.24) is 4.98 Å². The molecule has 1 fully saturated rings. The minimum atomic E-state index is 0.508. The van der Waals surface area contributed by atoms with Crippen molar-refractivity contribution in [3.8, 4) is 0 Å². The van der Waals surface area contributed by atoms with Crippen LogP contribution in [0.4, 0.5) is 0 Å². The molecule has 4 heteroatoms. The fourth-order valence-corrected chi connectivity index (χ4v) is 3.34. The molecule has 1 aromatic heterocycles. The van der Waals surface area contributed by atoms with E-state index in [1.165, 1.54) is 12.6 Å². The Hall–Kier alpha value is -1.16. The summed E-state index contributed by atoms with van der Waals surface area (Å²) in [4.78, 5) is 3.86. The topological polar surface area (TPSA) is 45.5 Å². The lowest BCUT2D eigenvalue weighted by Crippen LogP contribution is -1.94. The average Bonchev–Trinajstić information content (AvgIpc) is 2.34. The van der Waals surface area contributed by atoms with E-state index >= 15 is 0 Å². The molecule has 0 unspecified atom stereocenters. The number of nitrogens with zero attached hydrogens (tertiary/aromatic N) is 2. The minimum absolute atomic E-state index is 0.508. The largest absolute Gasteiger partial charge is 0.411 e. The van der Waals surface area contributed by atoms with E-state index in [-0.39, 0.29) is 0 Å². The van der Waals surface area contributed by atoms with Gasteiger partial charge in [0.15, 0.2) is 0 Å². The normalized spacial score (nSPS) is 15.7. The molecule has 2 heterocycles. The van der Waals surface area contributed by atoms with E-state index in [4.69, 9.17) is 5.21 Å².